The number of alkyl halides is 3. The number of rotatable bonds is 5. The largest absolute Gasteiger partial charge is 0.390 e. The van der Waals surface area contributed by atoms with Gasteiger partial charge in [-0.15, -0.1) is 3.89 Å². The van der Waals surface area contributed by atoms with E-state index in [0.29, 0.717) is 27.7 Å². The van der Waals surface area contributed by atoms with E-state index in [1.54, 1.807) is 54.6 Å². The van der Waals surface area contributed by atoms with Crippen LogP contribution in [0, 0.1) is 0 Å². The Morgan fingerprint density at radius 2 is 1.55 bits per heavy atom. The van der Waals surface area contributed by atoms with Crippen LogP contribution in [0.5, 0.6) is 0 Å². The van der Waals surface area contributed by atoms with Gasteiger partial charge >= 0.3 is 16.4 Å². The molecule has 4 rings (SSSR count). The summed E-state index contributed by atoms with van der Waals surface area (Å²) in [6.07, 6.45) is -5.77. The first-order valence-corrected chi connectivity index (χ1v) is 10.8. The van der Waals surface area contributed by atoms with Crippen molar-refractivity contribution in [3.05, 3.63) is 90.0 Å². The van der Waals surface area contributed by atoms with Gasteiger partial charge in [-0.05, 0) is 34.9 Å². The molecule has 8 heteroatoms. The van der Waals surface area contributed by atoms with E-state index in [0.717, 1.165) is 12.1 Å². The number of hydrogen-bond acceptors (Lipinski definition) is 2. The van der Waals surface area contributed by atoms with Gasteiger partial charge in [0.15, 0.2) is 0 Å². The van der Waals surface area contributed by atoms with Crippen LogP contribution in [-0.2, 0) is 10.2 Å². The Morgan fingerprint density at radius 1 is 0.871 bits per heavy atom. The lowest BCUT2D eigenvalue weighted by molar-refractivity contribution is -0.136. The van der Waals surface area contributed by atoms with Crippen molar-refractivity contribution in [3.63, 3.8) is 0 Å². The van der Waals surface area contributed by atoms with Crippen LogP contribution in [0.25, 0.3) is 22.2 Å². The molecule has 3 aromatic carbocycles. The summed E-state index contributed by atoms with van der Waals surface area (Å²) < 4.78 is 77.3. The maximum Gasteiger partial charge on any atom is 0.390 e. The lowest BCUT2D eigenvalue weighted by Gasteiger charge is -2.21. The summed E-state index contributed by atoms with van der Waals surface area (Å²) in [5.74, 6) is -1.24. The topological polar surface area (TPSA) is 49.9 Å². The standard InChI is InChI=1S/C23H17F4NO2S/c24-23(25,26)14-19(16-9-6-10-17(13-16)31(27,29)30)21-18-11-4-5-12-20(18)28-22(21)15-7-2-1-3-8-15/h1-13,19,28H,14H2. The minimum Gasteiger partial charge on any atom is -0.354 e. The number of H-pyrrole nitrogens is 1. The molecule has 31 heavy (non-hydrogen) atoms. The summed E-state index contributed by atoms with van der Waals surface area (Å²) in [4.78, 5) is 2.53. The molecule has 0 aliphatic heterocycles. The molecule has 0 radical (unpaired) electrons. The van der Waals surface area contributed by atoms with Crippen LogP contribution in [-0.4, -0.2) is 19.6 Å². The molecule has 0 spiro atoms. The lowest BCUT2D eigenvalue weighted by atomic mass is 9.85. The predicted molar refractivity (Wildman–Crippen MR) is 111 cm³/mol. The fourth-order valence-corrected chi connectivity index (χ4v) is 4.38. The highest BCUT2D eigenvalue weighted by atomic mass is 32.3. The first-order chi connectivity index (χ1) is 14.6. The first-order valence-electron chi connectivity index (χ1n) is 9.41. The summed E-state index contributed by atoms with van der Waals surface area (Å²) in [5.41, 5.74) is 2.29. The number of para-hydroxylation sites is 1. The molecule has 160 valence electrons. The third-order valence-corrected chi connectivity index (χ3v) is 5.95. The minimum absolute atomic E-state index is 0.0676. The molecule has 0 fully saturated rings. The third kappa shape index (κ3) is 4.49. The Hall–Kier alpha value is -3.13. The van der Waals surface area contributed by atoms with Crippen molar-refractivity contribution in [2.45, 2.75) is 23.4 Å². The average molecular weight is 447 g/mol. The molecule has 0 aliphatic carbocycles. The van der Waals surface area contributed by atoms with Gasteiger partial charge in [0, 0.05) is 16.8 Å². The monoisotopic (exact) mass is 447 g/mol. The van der Waals surface area contributed by atoms with Gasteiger partial charge in [0.25, 0.3) is 0 Å². The fourth-order valence-electron chi connectivity index (χ4n) is 3.86. The van der Waals surface area contributed by atoms with Crippen molar-refractivity contribution in [1.29, 1.82) is 0 Å². The third-order valence-electron chi connectivity index (χ3n) is 5.13. The minimum atomic E-state index is -5.07. The van der Waals surface area contributed by atoms with Gasteiger partial charge in [0.2, 0.25) is 0 Å². The first kappa shape index (κ1) is 21.1. The summed E-state index contributed by atoms with van der Waals surface area (Å²) in [6, 6.07) is 20.5. The summed E-state index contributed by atoms with van der Waals surface area (Å²) in [7, 11) is -5.07. The van der Waals surface area contributed by atoms with E-state index in [1.165, 1.54) is 12.1 Å². The number of hydrogen-bond donors (Lipinski definition) is 1. The number of nitrogens with one attached hydrogen (secondary N) is 1. The fraction of sp³-hybridized carbons (Fsp3) is 0.130. The molecular weight excluding hydrogens is 430 g/mol. The Balaban J connectivity index is 2.01. The zero-order chi connectivity index (χ0) is 22.2. The summed E-state index contributed by atoms with van der Waals surface area (Å²) in [5, 5.41) is 0.587. The normalized spacial score (nSPS) is 13.4. The molecule has 1 heterocycles. The second kappa shape index (κ2) is 7.85. The molecule has 0 aliphatic rings. The number of halogens is 4. The van der Waals surface area contributed by atoms with E-state index < -0.39 is 33.6 Å². The second-order valence-corrected chi connectivity index (χ2v) is 8.55. The van der Waals surface area contributed by atoms with E-state index in [1.807, 2.05) is 0 Å². The van der Waals surface area contributed by atoms with Crippen molar-refractivity contribution >= 4 is 21.1 Å². The van der Waals surface area contributed by atoms with Crippen LogP contribution in [0.15, 0.2) is 83.8 Å². The van der Waals surface area contributed by atoms with Gasteiger partial charge < -0.3 is 4.98 Å². The molecule has 3 nitrogen and oxygen atoms in total. The zero-order valence-electron chi connectivity index (χ0n) is 16.0. The van der Waals surface area contributed by atoms with Crippen molar-refractivity contribution < 1.29 is 25.5 Å². The van der Waals surface area contributed by atoms with Crippen molar-refractivity contribution in [3.8, 4) is 11.3 Å². The Morgan fingerprint density at radius 3 is 2.23 bits per heavy atom. The smallest absolute Gasteiger partial charge is 0.354 e. The van der Waals surface area contributed by atoms with E-state index in [2.05, 4.69) is 4.98 Å². The highest BCUT2D eigenvalue weighted by Gasteiger charge is 2.36. The number of aromatic amines is 1. The number of aromatic nitrogens is 1. The van der Waals surface area contributed by atoms with E-state index >= 15 is 0 Å². The van der Waals surface area contributed by atoms with Gasteiger partial charge in [-0.2, -0.15) is 21.6 Å². The summed E-state index contributed by atoms with van der Waals surface area (Å²) >= 11 is 0. The Labute approximate surface area is 176 Å². The van der Waals surface area contributed by atoms with E-state index in [-0.39, 0.29) is 5.56 Å². The van der Waals surface area contributed by atoms with Gasteiger partial charge in [-0.1, -0.05) is 60.7 Å². The van der Waals surface area contributed by atoms with E-state index in [4.69, 9.17) is 0 Å². The predicted octanol–water partition coefficient (Wildman–Crippen LogP) is 6.58. The quantitative estimate of drug-likeness (QED) is 0.278. The molecule has 0 amide bonds. The average Bonchev–Trinajstić information content (AvgIpc) is 3.11. The highest BCUT2D eigenvalue weighted by molar-refractivity contribution is 7.86. The molecule has 1 aromatic heterocycles. The Bertz CT molecular complexity index is 1330. The molecule has 4 aromatic rings. The lowest BCUT2D eigenvalue weighted by Crippen LogP contribution is -2.16. The van der Waals surface area contributed by atoms with Crippen molar-refractivity contribution in [2.75, 3.05) is 0 Å². The van der Waals surface area contributed by atoms with Crippen LogP contribution >= 0.6 is 0 Å². The van der Waals surface area contributed by atoms with Crippen LogP contribution in [0.1, 0.15) is 23.5 Å². The molecule has 1 atom stereocenters. The molecular formula is C23H17F4NO2S. The summed E-state index contributed by atoms with van der Waals surface area (Å²) in [6.45, 7) is 0. The van der Waals surface area contributed by atoms with Crippen LogP contribution in [0.3, 0.4) is 0 Å². The van der Waals surface area contributed by atoms with Crippen LogP contribution in [0.2, 0.25) is 0 Å². The number of benzene rings is 3. The highest BCUT2D eigenvalue weighted by Crippen LogP contribution is 2.44. The van der Waals surface area contributed by atoms with Gasteiger partial charge in [0.05, 0.1) is 17.0 Å². The van der Waals surface area contributed by atoms with Gasteiger partial charge in [-0.25, -0.2) is 0 Å². The SMILES string of the molecule is O=S(=O)(F)c1cccc(C(CC(F)(F)F)c2c(-c3ccccc3)[nH]c3ccccc23)c1. The molecule has 1 unspecified atom stereocenters. The Kier molecular flexibility index (Phi) is 5.35. The molecule has 0 saturated carbocycles. The zero-order valence-corrected chi connectivity index (χ0v) is 16.8. The van der Waals surface area contributed by atoms with Crippen LogP contribution < -0.4 is 0 Å². The number of fused-ring (bicyclic) bond motifs is 1. The maximum atomic E-state index is 13.6. The maximum absolute atomic E-state index is 13.6. The molecule has 0 saturated heterocycles. The van der Waals surface area contributed by atoms with Gasteiger partial charge in [0.1, 0.15) is 0 Å². The van der Waals surface area contributed by atoms with Gasteiger partial charge in [-0.3, -0.25) is 0 Å². The van der Waals surface area contributed by atoms with Crippen molar-refractivity contribution in [2.24, 2.45) is 0 Å². The second-order valence-electron chi connectivity index (χ2n) is 7.21. The van der Waals surface area contributed by atoms with Crippen LogP contribution in [0.4, 0.5) is 17.1 Å². The molecule has 1 N–H and O–H groups in total. The molecule has 0 bridgehead atoms. The van der Waals surface area contributed by atoms with Crippen molar-refractivity contribution in [1.82, 2.24) is 4.98 Å². The van der Waals surface area contributed by atoms with E-state index in [9.17, 15) is 25.5 Å².